The van der Waals surface area contributed by atoms with Gasteiger partial charge in [0.15, 0.2) is 0 Å². The van der Waals surface area contributed by atoms with E-state index in [9.17, 15) is 4.79 Å². The molecule has 0 radical (unpaired) electrons. The van der Waals surface area contributed by atoms with E-state index in [-0.39, 0.29) is 12.5 Å². The maximum atomic E-state index is 12.4. The van der Waals surface area contributed by atoms with E-state index in [2.05, 4.69) is 10.4 Å². The van der Waals surface area contributed by atoms with E-state index in [1.807, 2.05) is 19.1 Å². The lowest BCUT2D eigenvalue weighted by atomic mass is 10.1. The van der Waals surface area contributed by atoms with Crippen molar-refractivity contribution in [3.05, 3.63) is 81.6 Å². The maximum absolute atomic E-state index is 12.4. The van der Waals surface area contributed by atoms with Gasteiger partial charge in [-0.2, -0.15) is 5.10 Å². The number of ether oxygens (including phenoxy) is 1. The van der Waals surface area contributed by atoms with Gasteiger partial charge in [0.2, 0.25) is 0 Å². The number of rotatable bonds is 7. The van der Waals surface area contributed by atoms with Crippen LogP contribution >= 0.6 is 23.2 Å². The summed E-state index contributed by atoms with van der Waals surface area (Å²) in [7, 11) is 0. The van der Waals surface area contributed by atoms with Crippen LogP contribution in [0.3, 0.4) is 0 Å². The van der Waals surface area contributed by atoms with Gasteiger partial charge in [0, 0.05) is 23.3 Å². The van der Waals surface area contributed by atoms with Crippen molar-refractivity contribution >= 4 is 29.1 Å². The molecule has 0 aliphatic heterocycles. The van der Waals surface area contributed by atoms with Gasteiger partial charge in [0.25, 0.3) is 5.91 Å². The summed E-state index contributed by atoms with van der Waals surface area (Å²) < 4.78 is 7.46. The second kappa shape index (κ2) is 8.93. The summed E-state index contributed by atoms with van der Waals surface area (Å²) >= 11 is 12.0. The van der Waals surface area contributed by atoms with Gasteiger partial charge in [0.05, 0.1) is 11.6 Å². The van der Waals surface area contributed by atoms with Crippen LogP contribution in [0.15, 0.2) is 54.7 Å². The molecule has 1 amide bonds. The molecule has 0 bridgehead atoms. The van der Waals surface area contributed by atoms with Gasteiger partial charge in [-0.25, -0.2) is 0 Å². The SMILES string of the molecule is CCn1cc(Cl)c(CNC(=O)c2cccc(COc3ccc(Cl)cc3)c2)n1. The molecule has 0 saturated heterocycles. The highest BCUT2D eigenvalue weighted by atomic mass is 35.5. The van der Waals surface area contributed by atoms with Gasteiger partial charge in [-0.3, -0.25) is 9.48 Å². The molecule has 1 aromatic heterocycles. The Bertz CT molecular complexity index is 923. The molecule has 1 N–H and O–H groups in total. The smallest absolute Gasteiger partial charge is 0.251 e. The molecule has 2 aromatic carbocycles. The molecule has 7 heteroatoms. The Labute approximate surface area is 167 Å². The zero-order valence-corrected chi connectivity index (χ0v) is 16.3. The van der Waals surface area contributed by atoms with Crippen LogP contribution in [0.5, 0.6) is 5.75 Å². The average Bonchev–Trinajstić information content (AvgIpc) is 3.06. The van der Waals surface area contributed by atoms with Gasteiger partial charge in [-0.15, -0.1) is 0 Å². The first-order chi connectivity index (χ1) is 13.0. The summed E-state index contributed by atoms with van der Waals surface area (Å²) in [5.74, 6) is 0.529. The van der Waals surface area contributed by atoms with Crippen LogP contribution in [0, 0.1) is 0 Å². The number of amides is 1. The number of hydrogen-bond acceptors (Lipinski definition) is 3. The third-order valence-corrected chi connectivity index (χ3v) is 4.50. The van der Waals surface area contributed by atoms with Gasteiger partial charge in [-0.1, -0.05) is 35.3 Å². The lowest BCUT2D eigenvalue weighted by Crippen LogP contribution is -2.23. The molecule has 0 saturated carbocycles. The van der Waals surface area contributed by atoms with Crippen molar-refractivity contribution in [1.29, 1.82) is 0 Å². The molecule has 0 atom stereocenters. The molecular weight excluding hydrogens is 385 g/mol. The van der Waals surface area contributed by atoms with Gasteiger partial charge in [0.1, 0.15) is 18.1 Å². The minimum Gasteiger partial charge on any atom is -0.489 e. The lowest BCUT2D eigenvalue weighted by Gasteiger charge is -2.08. The monoisotopic (exact) mass is 403 g/mol. The first-order valence-corrected chi connectivity index (χ1v) is 9.28. The Balaban J connectivity index is 1.59. The fourth-order valence-corrected chi connectivity index (χ4v) is 2.83. The van der Waals surface area contributed by atoms with Crippen molar-refractivity contribution in [2.45, 2.75) is 26.6 Å². The standard InChI is InChI=1S/C20H19Cl2N3O2/c1-2-25-12-18(22)19(24-25)11-23-20(26)15-5-3-4-14(10-15)13-27-17-8-6-16(21)7-9-17/h3-10,12H,2,11,13H2,1H3,(H,23,26). The van der Waals surface area contributed by atoms with Gasteiger partial charge >= 0.3 is 0 Å². The van der Waals surface area contributed by atoms with Crippen molar-refractivity contribution in [2.24, 2.45) is 0 Å². The molecule has 0 fully saturated rings. The summed E-state index contributed by atoms with van der Waals surface area (Å²) in [6.45, 7) is 3.33. The number of benzene rings is 2. The number of nitrogens with zero attached hydrogens (tertiary/aromatic N) is 2. The first-order valence-electron chi connectivity index (χ1n) is 8.52. The van der Waals surface area contributed by atoms with Crippen molar-refractivity contribution < 1.29 is 9.53 Å². The zero-order chi connectivity index (χ0) is 19.2. The number of carbonyl (C=O) groups is 1. The van der Waals surface area contributed by atoms with Crippen LogP contribution in [0.1, 0.15) is 28.5 Å². The van der Waals surface area contributed by atoms with Crippen molar-refractivity contribution in [2.75, 3.05) is 0 Å². The molecule has 0 aliphatic carbocycles. The van der Waals surface area contributed by atoms with Crippen molar-refractivity contribution in [3.8, 4) is 5.75 Å². The molecule has 0 aliphatic rings. The van der Waals surface area contributed by atoms with E-state index in [4.69, 9.17) is 27.9 Å². The second-order valence-corrected chi connectivity index (χ2v) is 6.75. The van der Waals surface area contributed by atoms with E-state index in [1.54, 1.807) is 47.3 Å². The van der Waals surface area contributed by atoms with Crippen LogP contribution in [-0.2, 0) is 19.7 Å². The lowest BCUT2D eigenvalue weighted by molar-refractivity contribution is 0.0950. The molecule has 1 heterocycles. The molecule has 0 spiro atoms. The zero-order valence-electron chi connectivity index (χ0n) is 14.8. The minimum atomic E-state index is -0.189. The third kappa shape index (κ3) is 5.25. The molecule has 27 heavy (non-hydrogen) atoms. The van der Waals surface area contributed by atoms with Crippen molar-refractivity contribution in [1.82, 2.24) is 15.1 Å². The van der Waals surface area contributed by atoms with Crippen LogP contribution in [0.25, 0.3) is 0 Å². The van der Waals surface area contributed by atoms with E-state index in [1.165, 1.54) is 0 Å². The highest BCUT2D eigenvalue weighted by Crippen LogP contribution is 2.17. The van der Waals surface area contributed by atoms with E-state index < -0.39 is 0 Å². The van der Waals surface area contributed by atoms with Gasteiger partial charge < -0.3 is 10.1 Å². The fraction of sp³-hybridized carbons (Fsp3) is 0.200. The van der Waals surface area contributed by atoms with E-state index in [0.29, 0.717) is 27.9 Å². The normalized spacial score (nSPS) is 10.6. The summed E-state index contributed by atoms with van der Waals surface area (Å²) in [6, 6.07) is 14.4. The first kappa shape index (κ1) is 19.3. The van der Waals surface area contributed by atoms with Crippen LogP contribution in [-0.4, -0.2) is 15.7 Å². The Morgan fingerprint density at radius 3 is 2.67 bits per heavy atom. The number of nitrogens with one attached hydrogen (secondary N) is 1. The predicted octanol–water partition coefficient (Wildman–Crippen LogP) is 4.72. The number of aryl methyl sites for hydroxylation is 1. The minimum absolute atomic E-state index is 0.189. The fourth-order valence-electron chi connectivity index (χ4n) is 2.48. The Hall–Kier alpha value is -2.50. The summed E-state index contributed by atoms with van der Waals surface area (Å²) in [5.41, 5.74) is 2.10. The number of carbonyl (C=O) groups excluding carboxylic acids is 1. The Kier molecular flexibility index (Phi) is 6.37. The van der Waals surface area contributed by atoms with E-state index >= 15 is 0 Å². The quantitative estimate of drug-likeness (QED) is 0.620. The topological polar surface area (TPSA) is 56.2 Å². The molecular formula is C20H19Cl2N3O2. The highest BCUT2D eigenvalue weighted by Gasteiger charge is 2.10. The average molecular weight is 404 g/mol. The number of halogens is 2. The van der Waals surface area contributed by atoms with Crippen molar-refractivity contribution in [3.63, 3.8) is 0 Å². The second-order valence-electron chi connectivity index (χ2n) is 5.91. The third-order valence-electron chi connectivity index (χ3n) is 3.94. The predicted molar refractivity (Wildman–Crippen MR) is 106 cm³/mol. The molecule has 0 unspecified atom stereocenters. The molecule has 3 aromatic rings. The maximum Gasteiger partial charge on any atom is 0.251 e. The largest absolute Gasteiger partial charge is 0.489 e. The van der Waals surface area contributed by atoms with Crippen LogP contribution in [0.4, 0.5) is 0 Å². The van der Waals surface area contributed by atoms with Crippen LogP contribution < -0.4 is 10.1 Å². The summed E-state index contributed by atoms with van der Waals surface area (Å²) in [4.78, 5) is 12.4. The number of aromatic nitrogens is 2. The summed E-state index contributed by atoms with van der Waals surface area (Å²) in [5, 5.41) is 8.37. The molecule has 3 rings (SSSR count). The highest BCUT2D eigenvalue weighted by molar-refractivity contribution is 6.31. The summed E-state index contributed by atoms with van der Waals surface area (Å²) in [6.07, 6.45) is 1.75. The van der Waals surface area contributed by atoms with E-state index in [0.717, 1.165) is 17.9 Å². The number of hydrogen-bond donors (Lipinski definition) is 1. The Morgan fingerprint density at radius 1 is 1.19 bits per heavy atom. The van der Waals surface area contributed by atoms with Gasteiger partial charge in [-0.05, 0) is 48.9 Å². The Morgan fingerprint density at radius 2 is 1.96 bits per heavy atom. The van der Waals surface area contributed by atoms with Crippen LogP contribution in [0.2, 0.25) is 10.0 Å². The molecule has 140 valence electrons. The molecule has 5 nitrogen and oxygen atoms in total.